The fraction of sp³-hybridized carbons (Fsp3) is 0.214. The molecule has 0 fully saturated rings. The number of carbonyl (C=O) groups excluding carboxylic acids is 1. The molecule has 3 rings (SSSR count). The van der Waals surface area contributed by atoms with E-state index >= 15 is 0 Å². The number of thiophene rings is 1. The number of amides is 1. The summed E-state index contributed by atoms with van der Waals surface area (Å²) in [6, 6.07) is 3.32. The van der Waals surface area contributed by atoms with E-state index in [0.29, 0.717) is 12.2 Å². The Bertz CT molecular complexity index is 763. The smallest absolute Gasteiger partial charge is 0.243 e. The Morgan fingerprint density at radius 1 is 1.41 bits per heavy atom. The lowest BCUT2D eigenvalue weighted by molar-refractivity contribution is -0.122. The van der Waals surface area contributed by atoms with E-state index < -0.39 is 6.04 Å². The summed E-state index contributed by atoms with van der Waals surface area (Å²) in [5.74, 6) is -0.217. The maximum Gasteiger partial charge on any atom is 0.243 e. The maximum atomic E-state index is 12.0. The largest absolute Gasteiger partial charge is 0.350 e. The minimum Gasteiger partial charge on any atom is -0.350 e. The topological polar surface area (TPSA) is 80.9 Å². The molecule has 3 aromatic rings. The van der Waals surface area contributed by atoms with Crippen LogP contribution in [0, 0.1) is 6.92 Å². The summed E-state index contributed by atoms with van der Waals surface area (Å²) in [7, 11) is 0. The SMILES string of the molecule is Cc1nc(-c2ccc(CNC(=O)C(N)c3cscn3)s2)cs1. The number of aryl methyl sites for hydroxylation is 1. The van der Waals surface area contributed by atoms with Crippen LogP contribution < -0.4 is 11.1 Å². The van der Waals surface area contributed by atoms with E-state index in [2.05, 4.69) is 15.3 Å². The molecule has 114 valence electrons. The van der Waals surface area contributed by atoms with E-state index in [1.165, 1.54) is 11.3 Å². The highest BCUT2D eigenvalue weighted by atomic mass is 32.1. The van der Waals surface area contributed by atoms with Crippen LogP contribution in [0.1, 0.15) is 21.6 Å². The van der Waals surface area contributed by atoms with Crippen molar-refractivity contribution in [1.29, 1.82) is 0 Å². The molecule has 0 aliphatic rings. The van der Waals surface area contributed by atoms with Gasteiger partial charge < -0.3 is 11.1 Å². The highest BCUT2D eigenvalue weighted by molar-refractivity contribution is 7.16. The number of hydrogen-bond donors (Lipinski definition) is 2. The Morgan fingerprint density at radius 2 is 2.27 bits per heavy atom. The van der Waals surface area contributed by atoms with E-state index in [-0.39, 0.29) is 5.91 Å². The van der Waals surface area contributed by atoms with Gasteiger partial charge in [0.25, 0.3) is 0 Å². The summed E-state index contributed by atoms with van der Waals surface area (Å²) in [5, 5.41) is 7.73. The highest BCUT2D eigenvalue weighted by Crippen LogP contribution is 2.29. The zero-order valence-electron chi connectivity index (χ0n) is 11.8. The van der Waals surface area contributed by atoms with Crippen LogP contribution in [0.3, 0.4) is 0 Å². The molecule has 0 spiro atoms. The third-order valence-electron chi connectivity index (χ3n) is 3.02. The number of hydrogen-bond acceptors (Lipinski definition) is 7. The van der Waals surface area contributed by atoms with E-state index in [1.807, 2.05) is 24.4 Å². The van der Waals surface area contributed by atoms with Gasteiger partial charge in [0.2, 0.25) is 5.91 Å². The standard InChI is InChI=1S/C14H14N4OS3/c1-8-18-10(6-21-8)12-3-2-9(22-12)4-16-14(19)13(15)11-5-20-7-17-11/h2-3,5-7,13H,4,15H2,1H3,(H,16,19). The van der Waals surface area contributed by atoms with E-state index in [1.54, 1.807) is 33.6 Å². The number of nitrogens with one attached hydrogen (secondary N) is 1. The molecular formula is C14H14N4OS3. The van der Waals surface area contributed by atoms with Crippen molar-refractivity contribution >= 4 is 39.9 Å². The molecule has 0 aliphatic heterocycles. The summed E-state index contributed by atoms with van der Waals surface area (Å²) in [6.45, 7) is 2.45. The highest BCUT2D eigenvalue weighted by Gasteiger charge is 2.17. The van der Waals surface area contributed by atoms with E-state index in [0.717, 1.165) is 20.5 Å². The van der Waals surface area contributed by atoms with Crippen LogP contribution in [-0.4, -0.2) is 15.9 Å². The maximum absolute atomic E-state index is 12.0. The normalized spacial score (nSPS) is 12.3. The molecule has 8 heteroatoms. The van der Waals surface area contributed by atoms with Gasteiger partial charge in [0, 0.05) is 15.6 Å². The molecule has 1 amide bonds. The van der Waals surface area contributed by atoms with Crippen LogP contribution in [0.5, 0.6) is 0 Å². The number of rotatable bonds is 5. The number of aromatic nitrogens is 2. The first-order valence-corrected chi connectivity index (χ1v) is 9.20. The van der Waals surface area contributed by atoms with Gasteiger partial charge >= 0.3 is 0 Å². The van der Waals surface area contributed by atoms with Gasteiger partial charge in [-0.3, -0.25) is 4.79 Å². The molecule has 1 atom stereocenters. The predicted octanol–water partition coefficient (Wildman–Crippen LogP) is 2.95. The van der Waals surface area contributed by atoms with Gasteiger partial charge in [-0.05, 0) is 19.1 Å². The van der Waals surface area contributed by atoms with Crippen LogP contribution in [-0.2, 0) is 11.3 Å². The number of thiazole rings is 2. The van der Waals surface area contributed by atoms with Gasteiger partial charge in [-0.1, -0.05) is 0 Å². The molecule has 1 unspecified atom stereocenters. The summed E-state index contributed by atoms with van der Waals surface area (Å²) < 4.78 is 0. The van der Waals surface area contributed by atoms with Gasteiger partial charge in [-0.2, -0.15) is 0 Å². The minimum absolute atomic E-state index is 0.217. The molecule has 3 heterocycles. The Balaban J connectivity index is 1.60. The van der Waals surface area contributed by atoms with Crippen molar-refractivity contribution in [3.8, 4) is 10.6 Å². The molecule has 3 N–H and O–H groups in total. The second-order valence-electron chi connectivity index (χ2n) is 4.63. The Morgan fingerprint density at radius 3 is 2.95 bits per heavy atom. The first kappa shape index (κ1) is 15.3. The first-order valence-electron chi connectivity index (χ1n) is 6.56. The average molecular weight is 350 g/mol. The number of nitrogens with two attached hydrogens (primary N) is 1. The second-order valence-corrected chi connectivity index (χ2v) is 7.58. The van der Waals surface area contributed by atoms with E-state index in [9.17, 15) is 4.79 Å². The monoisotopic (exact) mass is 350 g/mol. The lowest BCUT2D eigenvalue weighted by Gasteiger charge is -2.09. The predicted molar refractivity (Wildman–Crippen MR) is 91.1 cm³/mol. The van der Waals surface area contributed by atoms with Crippen molar-refractivity contribution in [1.82, 2.24) is 15.3 Å². The molecule has 0 aliphatic carbocycles. The Kier molecular flexibility index (Phi) is 4.63. The number of carbonyl (C=O) groups is 1. The van der Waals surface area contributed by atoms with Gasteiger partial charge in [0.05, 0.1) is 33.3 Å². The fourth-order valence-electron chi connectivity index (χ4n) is 1.88. The van der Waals surface area contributed by atoms with E-state index in [4.69, 9.17) is 5.73 Å². The van der Waals surface area contributed by atoms with Crippen molar-refractivity contribution in [3.63, 3.8) is 0 Å². The van der Waals surface area contributed by atoms with Gasteiger partial charge in [-0.15, -0.1) is 34.0 Å². The summed E-state index contributed by atoms with van der Waals surface area (Å²) in [4.78, 5) is 22.7. The zero-order chi connectivity index (χ0) is 15.5. The third kappa shape index (κ3) is 3.41. The molecule has 0 saturated carbocycles. The van der Waals surface area contributed by atoms with Crippen LogP contribution in [0.4, 0.5) is 0 Å². The molecule has 0 radical (unpaired) electrons. The first-order chi connectivity index (χ1) is 10.6. The summed E-state index contributed by atoms with van der Waals surface area (Å²) in [6.07, 6.45) is 0. The lowest BCUT2D eigenvalue weighted by Crippen LogP contribution is -2.33. The Labute approximate surface area is 139 Å². The van der Waals surface area contributed by atoms with Crippen molar-refractivity contribution in [2.45, 2.75) is 19.5 Å². The van der Waals surface area contributed by atoms with Gasteiger partial charge in [0.15, 0.2) is 0 Å². The average Bonchev–Trinajstić information content (AvgIpc) is 3.24. The van der Waals surface area contributed by atoms with Crippen molar-refractivity contribution < 1.29 is 4.79 Å². The van der Waals surface area contributed by atoms with Crippen LogP contribution in [0.25, 0.3) is 10.6 Å². The van der Waals surface area contributed by atoms with Gasteiger partial charge in [0.1, 0.15) is 6.04 Å². The molecule has 0 saturated heterocycles. The van der Waals surface area contributed by atoms with Gasteiger partial charge in [-0.25, -0.2) is 9.97 Å². The summed E-state index contributed by atoms with van der Waals surface area (Å²) in [5.41, 5.74) is 9.14. The van der Waals surface area contributed by atoms with Crippen molar-refractivity contribution in [2.75, 3.05) is 0 Å². The molecule has 0 aromatic carbocycles. The van der Waals surface area contributed by atoms with Crippen molar-refractivity contribution in [3.05, 3.63) is 44.0 Å². The second kappa shape index (κ2) is 6.66. The molecule has 5 nitrogen and oxygen atoms in total. The molecule has 22 heavy (non-hydrogen) atoms. The molecule has 0 bridgehead atoms. The Hall–Kier alpha value is -1.61. The minimum atomic E-state index is -0.716. The quantitative estimate of drug-likeness (QED) is 0.741. The number of nitrogens with zero attached hydrogens (tertiary/aromatic N) is 2. The lowest BCUT2D eigenvalue weighted by atomic mass is 10.2. The zero-order valence-corrected chi connectivity index (χ0v) is 14.2. The molecule has 3 aromatic heterocycles. The van der Waals surface area contributed by atoms with Crippen LogP contribution in [0.2, 0.25) is 0 Å². The van der Waals surface area contributed by atoms with Crippen molar-refractivity contribution in [2.24, 2.45) is 5.73 Å². The van der Waals surface area contributed by atoms with Crippen LogP contribution >= 0.6 is 34.0 Å². The fourth-order valence-corrected chi connectivity index (χ4v) is 4.07. The van der Waals surface area contributed by atoms with Crippen LogP contribution in [0.15, 0.2) is 28.4 Å². The third-order valence-corrected chi connectivity index (χ3v) is 5.51. The summed E-state index contributed by atoms with van der Waals surface area (Å²) >= 11 is 4.69. The molecular weight excluding hydrogens is 336 g/mol.